The summed E-state index contributed by atoms with van der Waals surface area (Å²) in [6.07, 6.45) is 0.639. The molecule has 1 N–H and O–H groups in total. The summed E-state index contributed by atoms with van der Waals surface area (Å²) in [5, 5.41) is 15.5. The molecular weight excluding hydrogens is 687 g/mol. The van der Waals surface area contributed by atoms with Crippen LogP contribution >= 0.6 is 34.9 Å². The predicted molar refractivity (Wildman–Crippen MR) is 212 cm³/mol. The number of thioether (sulfide) groups is 2. The first kappa shape index (κ1) is 33.0. The molecule has 0 aliphatic rings. The van der Waals surface area contributed by atoms with Crippen LogP contribution < -0.4 is 5.32 Å². The number of nitrogens with one attached hydrogen (secondary N) is 1. The van der Waals surface area contributed by atoms with E-state index >= 15 is 0 Å². The number of fused-ring (bicyclic) bond motifs is 2. The number of nitrogens with zero attached hydrogens (tertiary/aromatic N) is 4. The quantitative estimate of drug-likeness (QED) is 0.127. The molecule has 6 nitrogen and oxygen atoms in total. The molecule has 9 heteroatoms. The van der Waals surface area contributed by atoms with Crippen molar-refractivity contribution >= 4 is 67.4 Å². The third-order valence-corrected chi connectivity index (χ3v) is 12.0. The van der Waals surface area contributed by atoms with Gasteiger partial charge in [0, 0.05) is 12.1 Å². The Balaban J connectivity index is 0.973. The second kappa shape index (κ2) is 15.3. The molecule has 0 saturated heterocycles. The Morgan fingerprint density at radius 1 is 0.745 bits per heavy atom. The van der Waals surface area contributed by atoms with Crippen LogP contribution in [0.3, 0.4) is 0 Å². The molecule has 0 radical (unpaired) electrons. The Labute approximate surface area is 309 Å². The van der Waals surface area contributed by atoms with Gasteiger partial charge in [-0.1, -0.05) is 157 Å². The molecule has 51 heavy (non-hydrogen) atoms. The van der Waals surface area contributed by atoms with E-state index in [2.05, 4.69) is 123 Å². The van der Waals surface area contributed by atoms with Gasteiger partial charge in [0.05, 0.1) is 27.8 Å². The maximum Gasteiger partial charge on any atom is 0.234 e. The molecule has 0 bridgehead atoms. The zero-order chi connectivity index (χ0) is 34.4. The molecule has 8 aromatic rings. The lowest BCUT2D eigenvalue weighted by molar-refractivity contribution is -0.113. The van der Waals surface area contributed by atoms with Crippen molar-refractivity contribution in [3.05, 3.63) is 180 Å². The summed E-state index contributed by atoms with van der Waals surface area (Å²) in [5.41, 5.74) is 6.48. The molecule has 0 saturated carbocycles. The number of aromatic nitrogens is 4. The van der Waals surface area contributed by atoms with Crippen molar-refractivity contribution in [2.24, 2.45) is 0 Å². The topological polar surface area (TPSA) is 72.7 Å². The van der Waals surface area contributed by atoms with Crippen molar-refractivity contribution < 1.29 is 4.79 Å². The first-order chi connectivity index (χ1) is 25.2. The Kier molecular flexibility index (Phi) is 9.92. The summed E-state index contributed by atoms with van der Waals surface area (Å²) in [6.45, 7) is 0.621. The maximum absolute atomic E-state index is 13.3. The van der Waals surface area contributed by atoms with Crippen molar-refractivity contribution in [3.63, 3.8) is 0 Å². The average Bonchev–Trinajstić information content (AvgIpc) is 3.76. The third-order valence-electron chi connectivity index (χ3n) is 8.61. The minimum atomic E-state index is -0.100. The summed E-state index contributed by atoms with van der Waals surface area (Å²) in [7, 11) is 0. The second-order valence-electron chi connectivity index (χ2n) is 12.1. The monoisotopic (exact) mass is 719 g/mol. The number of anilines is 1. The van der Waals surface area contributed by atoms with E-state index in [-0.39, 0.29) is 16.9 Å². The van der Waals surface area contributed by atoms with Crippen LogP contribution in [0.1, 0.15) is 33.3 Å². The number of hydrogen-bond acceptors (Lipinski definition) is 7. The van der Waals surface area contributed by atoms with E-state index in [1.165, 1.54) is 39.2 Å². The van der Waals surface area contributed by atoms with Gasteiger partial charge in [0.1, 0.15) is 5.82 Å². The van der Waals surface area contributed by atoms with Gasteiger partial charge in [-0.3, -0.25) is 4.79 Å². The van der Waals surface area contributed by atoms with Gasteiger partial charge in [-0.25, -0.2) is 4.98 Å². The van der Waals surface area contributed by atoms with Crippen LogP contribution in [-0.4, -0.2) is 31.4 Å². The van der Waals surface area contributed by atoms with Gasteiger partial charge in [0.25, 0.3) is 0 Å². The highest BCUT2D eigenvalue weighted by Crippen LogP contribution is 2.43. The van der Waals surface area contributed by atoms with Crippen molar-refractivity contribution in [2.75, 3.05) is 11.1 Å². The molecule has 6 aromatic carbocycles. The lowest BCUT2D eigenvalue weighted by atomic mass is 10.0. The molecule has 0 aliphatic carbocycles. The normalized spacial score (nSPS) is 11.4. The molecule has 0 unspecified atom stereocenters. The molecule has 1 amide bonds. The number of rotatable bonds is 12. The number of hydrogen-bond donors (Lipinski definition) is 1. The van der Waals surface area contributed by atoms with Crippen LogP contribution in [-0.2, 0) is 17.8 Å². The summed E-state index contributed by atoms with van der Waals surface area (Å²) in [5.74, 6) is 0.972. The van der Waals surface area contributed by atoms with Crippen molar-refractivity contribution in [3.8, 4) is 0 Å². The SMILES string of the molecule is O=C(CSc1nnc(Cc2cccc3ccccc23)n1Cc1ccccc1)Nc1ccc2nc(SC(c3ccccc3)c3ccccc3)sc2c1. The maximum atomic E-state index is 13.3. The van der Waals surface area contributed by atoms with Crippen LogP contribution in [0.4, 0.5) is 5.69 Å². The van der Waals surface area contributed by atoms with Gasteiger partial charge in [-0.15, -0.1) is 21.5 Å². The predicted octanol–water partition coefficient (Wildman–Crippen LogP) is 10.3. The van der Waals surface area contributed by atoms with Crippen LogP contribution in [0, 0.1) is 0 Å². The van der Waals surface area contributed by atoms with Crippen LogP contribution in [0.2, 0.25) is 0 Å². The fourth-order valence-corrected chi connectivity index (χ4v) is 9.32. The van der Waals surface area contributed by atoms with Gasteiger partial charge in [-0.2, -0.15) is 0 Å². The molecular formula is C42H33N5OS3. The molecule has 0 atom stereocenters. The van der Waals surface area contributed by atoms with Gasteiger partial charge in [0.15, 0.2) is 9.50 Å². The van der Waals surface area contributed by atoms with E-state index in [1.807, 2.05) is 48.5 Å². The number of thiazole rings is 1. The summed E-state index contributed by atoms with van der Waals surface area (Å²) in [6, 6.07) is 52.1. The van der Waals surface area contributed by atoms with E-state index in [1.54, 1.807) is 23.1 Å². The van der Waals surface area contributed by atoms with Crippen molar-refractivity contribution in [1.82, 2.24) is 19.7 Å². The van der Waals surface area contributed by atoms with Crippen LogP contribution in [0.15, 0.2) is 161 Å². The second-order valence-corrected chi connectivity index (χ2v) is 15.4. The Hall–Kier alpha value is -5.22. The minimum absolute atomic E-state index is 0.100. The van der Waals surface area contributed by atoms with E-state index in [0.29, 0.717) is 13.0 Å². The summed E-state index contributed by atoms with van der Waals surface area (Å²) in [4.78, 5) is 18.2. The van der Waals surface area contributed by atoms with E-state index in [0.717, 1.165) is 36.8 Å². The van der Waals surface area contributed by atoms with Crippen molar-refractivity contribution in [2.45, 2.75) is 27.7 Å². The fourth-order valence-electron chi connectivity index (χ4n) is 6.14. The largest absolute Gasteiger partial charge is 0.325 e. The first-order valence-electron chi connectivity index (χ1n) is 16.7. The van der Waals surface area contributed by atoms with Crippen LogP contribution in [0.5, 0.6) is 0 Å². The van der Waals surface area contributed by atoms with Gasteiger partial charge in [0.2, 0.25) is 5.91 Å². The number of carbonyl (C=O) groups excluding carboxylic acids is 1. The zero-order valence-electron chi connectivity index (χ0n) is 27.6. The first-order valence-corrected chi connectivity index (χ1v) is 19.4. The fraction of sp³-hybridized carbons (Fsp3) is 0.0952. The standard InChI is InChI=1S/C42H33N5OS3/c48-39(43-34-23-24-36-37(26-34)50-42(44-36)51-40(31-16-6-2-7-17-31)32-18-8-3-9-19-32)28-49-41-46-45-38(47(41)27-29-13-4-1-5-14-29)25-33-21-12-20-30-15-10-11-22-35(30)33/h1-24,26,40H,25,27-28H2,(H,43,48). The van der Waals surface area contributed by atoms with Crippen molar-refractivity contribution in [1.29, 1.82) is 0 Å². The van der Waals surface area contributed by atoms with Crippen LogP contribution in [0.25, 0.3) is 21.0 Å². The highest BCUT2D eigenvalue weighted by atomic mass is 32.2. The van der Waals surface area contributed by atoms with E-state index in [4.69, 9.17) is 4.98 Å². The molecule has 0 spiro atoms. The molecule has 8 rings (SSSR count). The average molecular weight is 720 g/mol. The smallest absolute Gasteiger partial charge is 0.234 e. The lowest BCUT2D eigenvalue weighted by Gasteiger charge is -2.16. The summed E-state index contributed by atoms with van der Waals surface area (Å²) < 4.78 is 4.15. The summed E-state index contributed by atoms with van der Waals surface area (Å²) >= 11 is 4.80. The lowest BCUT2D eigenvalue weighted by Crippen LogP contribution is -2.15. The Morgan fingerprint density at radius 2 is 1.43 bits per heavy atom. The molecule has 2 heterocycles. The van der Waals surface area contributed by atoms with E-state index < -0.39 is 0 Å². The number of amides is 1. The van der Waals surface area contributed by atoms with Gasteiger partial charge >= 0.3 is 0 Å². The van der Waals surface area contributed by atoms with Gasteiger partial charge in [-0.05, 0) is 51.2 Å². The van der Waals surface area contributed by atoms with Gasteiger partial charge < -0.3 is 9.88 Å². The highest BCUT2D eigenvalue weighted by Gasteiger charge is 2.19. The molecule has 0 fully saturated rings. The Bertz CT molecular complexity index is 2370. The third kappa shape index (κ3) is 7.76. The minimum Gasteiger partial charge on any atom is -0.325 e. The molecule has 250 valence electrons. The highest BCUT2D eigenvalue weighted by molar-refractivity contribution is 8.01. The number of benzene rings is 6. The zero-order valence-corrected chi connectivity index (χ0v) is 30.0. The van der Waals surface area contributed by atoms with E-state index in [9.17, 15) is 4.79 Å². The molecule has 2 aromatic heterocycles. The Morgan fingerprint density at radius 3 is 2.20 bits per heavy atom. The number of carbonyl (C=O) groups is 1. The molecule has 0 aliphatic heterocycles.